The number of rotatable bonds is 7. The number of esters is 1. The molecule has 1 atom stereocenters. The van der Waals surface area contributed by atoms with Crippen molar-refractivity contribution >= 4 is 34.2 Å². The van der Waals surface area contributed by atoms with E-state index in [1.807, 2.05) is 0 Å². The number of aryl methyl sites for hydroxylation is 1. The summed E-state index contributed by atoms with van der Waals surface area (Å²) in [6.45, 7) is 1.36. The number of nitro benzene ring substituents is 1. The van der Waals surface area contributed by atoms with Crippen molar-refractivity contribution in [3.8, 4) is 0 Å². The number of hydrogen-bond donors (Lipinski definition) is 2. The van der Waals surface area contributed by atoms with Gasteiger partial charge in [0.25, 0.3) is 17.2 Å². The molecule has 2 N–H and O–H groups in total. The van der Waals surface area contributed by atoms with E-state index in [0.717, 1.165) is 0 Å². The van der Waals surface area contributed by atoms with Crippen molar-refractivity contribution in [3.63, 3.8) is 0 Å². The van der Waals surface area contributed by atoms with Crippen molar-refractivity contribution in [2.75, 3.05) is 5.32 Å². The standard InChI is InChI=1S/C20H18N4O6/c1-12(19(26)22-15-8-4-5-9-16(15)24(28)29)30-18(25)11-10-17-21-14-7-3-2-6-13(14)20(27)23-17/h2-9,12H,10-11H2,1H3,(H,22,26)(H,21,23,27). The lowest BCUT2D eigenvalue weighted by molar-refractivity contribution is -0.383. The highest BCUT2D eigenvalue weighted by Crippen LogP contribution is 2.23. The lowest BCUT2D eigenvalue weighted by Crippen LogP contribution is -2.30. The maximum Gasteiger partial charge on any atom is 0.307 e. The molecule has 1 aromatic heterocycles. The number of amides is 1. The number of nitrogens with one attached hydrogen (secondary N) is 2. The third kappa shape index (κ3) is 4.85. The van der Waals surface area contributed by atoms with Crippen LogP contribution in [0.4, 0.5) is 11.4 Å². The van der Waals surface area contributed by atoms with Gasteiger partial charge in [-0.15, -0.1) is 0 Å². The fraction of sp³-hybridized carbons (Fsp3) is 0.200. The molecule has 1 amide bonds. The average molecular weight is 410 g/mol. The second-order valence-corrected chi connectivity index (χ2v) is 6.43. The van der Waals surface area contributed by atoms with Crippen LogP contribution >= 0.6 is 0 Å². The Bertz CT molecular complexity index is 1170. The summed E-state index contributed by atoms with van der Waals surface area (Å²) in [7, 11) is 0. The molecule has 0 aliphatic heterocycles. The third-order valence-electron chi connectivity index (χ3n) is 4.26. The van der Waals surface area contributed by atoms with E-state index < -0.39 is 22.9 Å². The van der Waals surface area contributed by atoms with Crippen molar-refractivity contribution in [1.29, 1.82) is 0 Å². The molecule has 0 aliphatic carbocycles. The number of hydrogen-bond acceptors (Lipinski definition) is 7. The number of ether oxygens (including phenoxy) is 1. The van der Waals surface area contributed by atoms with E-state index in [1.54, 1.807) is 24.3 Å². The Morgan fingerprint density at radius 3 is 2.67 bits per heavy atom. The highest BCUT2D eigenvalue weighted by atomic mass is 16.6. The molecule has 1 heterocycles. The summed E-state index contributed by atoms with van der Waals surface area (Å²) in [5, 5.41) is 13.8. The van der Waals surface area contributed by atoms with Gasteiger partial charge in [-0.05, 0) is 25.1 Å². The molecule has 30 heavy (non-hydrogen) atoms. The molecule has 3 aromatic rings. The monoisotopic (exact) mass is 410 g/mol. The largest absolute Gasteiger partial charge is 0.453 e. The molecule has 0 saturated heterocycles. The summed E-state index contributed by atoms with van der Waals surface area (Å²) >= 11 is 0. The van der Waals surface area contributed by atoms with Crippen molar-refractivity contribution in [2.24, 2.45) is 0 Å². The number of anilines is 1. The molecular formula is C20H18N4O6. The summed E-state index contributed by atoms with van der Waals surface area (Å²) in [6.07, 6.45) is -1.15. The van der Waals surface area contributed by atoms with Gasteiger partial charge >= 0.3 is 5.97 Å². The van der Waals surface area contributed by atoms with Crippen LogP contribution in [-0.4, -0.2) is 32.9 Å². The number of aromatic nitrogens is 2. The number of carbonyl (C=O) groups excluding carboxylic acids is 2. The van der Waals surface area contributed by atoms with Crippen molar-refractivity contribution in [2.45, 2.75) is 25.9 Å². The van der Waals surface area contributed by atoms with Gasteiger partial charge in [-0.3, -0.25) is 24.5 Å². The van der Waals surface area contributed by atoms with E-state index in [2.05, 4.69) is 15.3 Å². The number of carbonyl (C=O) groups is 2. The van der Waals surface area contributed by atoms with Gasteiger partial charge in [-0.25, -0.2) is 4.98 Å². The lowest BCUT2D eigenvalue weighted by atomic mass is 10.2. The maximum atomic E-state index is 12.2. The van der Waals surface area contributed by atoms with Crippen molar-refractivity contribution < 1.29 is 19.2 Å². The smallest absolute Gasteiger partial charge is 0.307 e. The van der Waals surface area contributed by atoms with E-state index >= 15 is 0 Å². The van der Waals surface area contributed by atoms with E-state index in [-0.39, 0.29) is 29.8 Å². The van der Waals surface area contributed by atoms with Gasteiger partial charge in [0.05, 0.1) is 22.2 Å². The number of nitro groups is 1. The number of aromatic amines is 1. The maximum absolute atomic E-state index is 12.2. The van der Waals surface area contributed by atoms with E-state index in [0.29, 0.717) is 16.7 Å². The van der Waals surface area contributed by atoms with Crippen LogP contribution in [0.15, 0.2) is 53.3 Å². The molecule has 0 fully saturated rings. The van der Waals surface area contributed by atoms with Gasteiger partial charge in [0.15, 0.2) is 6.10 Å². The minimum atomic E-state index is -1.17. The highest BCUT2D eigenvalue weighted by Gasteiger charge is 2.21. The molecular weight excluding hydrogens is 392 g/mol. The molecule has 2 aromatic carbocycles. The fourth-order valence-corrected chi connectivity index (χ4v) is 2.76. The second-order valence-electron chi connectivity index (χ2n) is 6.43. The SMILES string of the molecule is CC(OC(=O)CCc1nc2ccccc2c(=O)[nH]1)C(=O)Nc1ccccc1[N+](=O)[O-]. The Balaban J connectivity index is 1.58. The number of benzene rings is 2. The van der Waals surface area contributed by atoms with E-state index in [1.165, 1.54) is 31.2 Å². The molecule has 0 bridgehead atoms. The zero-order valence-electron chi connectivity index (χ0n) is 16.0. The van der Waals surface area contributed by atoms with E-state index in [4.69, 9.17) is 4.74 Å². The number of H-pyrrole nitrogens is 1. The van der Waals surface area contributed by atoms with Crippen LogP contribution in [0.2, 0.25) is 0 Å². The van der Waals surface area contributed by atoms with Gasteiger partial charge in [-0.1, -0.05) is 24.3 Å². The van der Waals surface area contributed by atoms with Crippen LogP contribution in [0.1, 0.15) is 19.2 Å². The molecule has 0 aliphatic rings. The van der Waals surface area contributed by atoms with Crippen LogP contribution in [0, 0.1) is 10.1 Å². The summed E-state index contributed by atoms with van der Waals surface area (Å²) < 4.78 is 5.08. The van der Waals surface area contributed by atoms with Gasteiger partial charge in [0, 0.05) is 12.5 Å². The van der Waals surface area contributed by atoms with Crippen molar-refractivity contribution in [3.05, 3.63) is 74.8 Å². The van der Waals surface area contributed by atoms with Gasteiger partial charge in [0.2, 0.25) is 0 Å². The molecule has 0 saturated carbocycles. The van der Waals surface area contributed by atoms with Gasteiger partial charge < -0.3 is 15.0 Å². The predicted octanol–water partition coefficient (Wildman–Crippen LogP) is 2.33. The molecule has 0 spiro atoms. The first kappa shape index (κ1) is 20.6. The molecule has 0 radical (unpaired) electrons. The van der Waals surface area contributed by atoms with E-state index in [9.17, 15) is 24.5 Å². The first-order valence-corrected chi connectivity index (χ1v) is 9.07. The minimum absolute atomic E-state index is 0.00772. The van der Waals surface area contributed by atoms with Crippen LogP contribution < -0.4 is 10.9 Å². The summed E-state index contributed by atoms with van der Waals surface area (Å²) in [4.78, 5) is 53.6. The van der Waals surface area contributed by atoms with Crippen LogP contribution in [0.3, 0.4) is 0 Å². The Hall–Kier alpha value is -4.08. The summed E-state index contributed by atoms with van der Waals surface area (Å²) in [5.74, 6) is -1.04. The quantitative estimate of drug-likeness (QED) is 0.345. The predicted molar refractivity (Wildman–Crippen MR) is 108 cm³/mol. The first-order chi connectivity index (χ1) is 14.3. The molecule has 10 heteroatoms. The zero-order chi connectivity index (χ0) is 21.7. The third-order valence-corrected chi connectivity index (χ3v) is 4.26. The van der Waals surface area contributed by atoms with Crippen molar-refractivity contribution in [1.82, 2.24) is 9.97 Å². The van der Waals surface area contributed by atoms with Crippen LogP contribution in [0.5, 0.6) is 0 Å². The van der Waals surface area contributed by atoms with Crippen LogP contribution in [-0.2, 0) is 20.7 Å². The Morgan fingerprint density at radius 1 is 1.20 bits per heavy atom. The number of nitrogens with zero attached hydrogens (tertiary/aromatic N) is 2. The normalized spacial score (nSPS) is 11.6. The Labute approximate surface area is 170 Å². The Morgan fingerprint density at radius 2 is 1.90 bits per heavy atom. The average Bonchev–Trinajstić information content (AvgIpc) is 2.72. The zero-order valence-corrected chi connectivity index (χ0v) is 16.0. The number of para-hydroxylation sites is 3. The van der Waals surface area contributed by atoms with Gasteiger partial charge in [0.1, 0.15) is 11.5 Å². The second kappa shape index (κ2) is 8.95. The molecule has 10 nitrogen and oxygen atoms in total. The minimum Gasteiger partial charge on any atom is -0.453 e. The number of fused-ring (bicyclic) bond motifs is 1. The Kier molecular flexibility index (Phi) is 6.16. The molecule has 3 rings (SSSR count). The summed E-state index contributed by atoms with van der Waals surface area (Å²) in [5.41, 5.74) is -0.0490. The summed E-state index contributed by atoms with van der Waals surface area (Å²) in [6, 6.07) is 12.5. The van der Waals surface area contributed by atoms with Gasteiger partial charge in [-0.2, -0.15) is 0 Å². The fourth-order valence-electron chi connectivity index (χ4n) is 2.76. The topological polar surface area (TPSA) is 144 Å². The first-order valence-electron chi connectivity index (χ1n) is 9.07. The van der Waals surface area contributed by atoms with Crippen LogP contribution in [0.25, 0.3) is 10.9 Å². The molecule has 154 valence electrons. The highest BCUT2D eigenvalue weighted by molar-refractivity contribution is 5.96. The molecule has 1 unspecified atom stereocenters. The lowest BCUT2D eigenvalue weighted by Gasteiger charge is -2.13.